The minimum atomic E-state index is -0.145. The van der Waals surface area contributed by atoms with Crippen molar-refractivity contribution in [1.29, 1.82) is 0 Å². The number of likely N-dealkylation sites (N-methyl/N-ethyl adjacent to an activating group) is 1. The molecule has 2 rings (SSSR count). The Bertz CT molecular complexity index is 508. The molecule has 1 aliphatic rings. The van der Waals surface area contributed by atoms with Crippen LogP contribution in [0.4, 0.5) is 5.69 Å². The number of rotatable bonds is 4. The molecule has 1 aliphatic heterocycles. The molecule has 2 N–H and O–H groups in total. The van der Waals surface area contributed by atoms with Crippen LogP contribution >= 0.6 is 0 Å². The van der Waals surface area contributed by atoms with Crippen molar-refractivity contribution in [3.8, 4) is 0 Å². The van der Waals surface area contributed by atoms with Gasteiger partial charge >= 0.3 is 0 Å². The number of carbonyl (C=O) groups excluding carboxylic acids is 2. The summed E-state index contributed by atoms with van der Waals surface area (Å²) in [7, 11) is 1.71. The van der Waals surface area contributed by atoms with Crippen molar-refractivity contribution < 1.29 is 9.59 Å². The van der Waals surface area contributed by atoms with Crippen LogP contribution in [0.3, 0.4) is 0 Å². The molecule has 0 aromatic heterocycles. The van der Waals surface area contributed by atoms with E-state index in [1.807, 2.05) is 24.0 Å². The molecular weight excluding hydrogens is 254 g/mol. The number of anilines is 1. The number of aryl methyl sites for hydroxylation is 1. The van der Waals surface area contributed by atoms with Crippen molar-refractivity contribution in [2.24, 2.45) is 0 Å². The molecule has 0 bridgehead atoms. The fraction of sp³-hybridized carbons (Fsp3) is 0.467. The number of carbonyl (C=O) groups is 2. The highest BCUT2D eigenvalue weighted by atomic mass is 16.2. The summed E-state index contributed by atoms with van der Waals surface area (Å²) < 4.78 is 0. The summed E-state index contributed by atoms with van der Waals surface area (Å²) in [5, 5.41) is 5.61. The minimum Gasteiger partial charge on any atom is -0.339 e. The zero-order valence-corrected chi connectivity index (χ0v) is 12.0. The molecule has 5 heteroatoms. The van der Waals surface area contributed by atoms with Gasteiger partial charge in [-0.15, -0.1) is 0 Å². The lowest BCUT2D eigenvalue weighted by Gasteiger charge is -2.19. The predicted octanol–water partition coefficient (Wildman–Crippen LogP) is 1.39. The van der Waals surface area contributed by atoms with Crippen LogP contribution < -0.4 is 10.6 Å². The number of hydrogen-bond acceptors (Lipinski definition) is 3. The molecule has 1 aromatic carbocycles. The third-order valence-electron chi connectivity index (χ3n) is 3.49. The Morgan fingerprint density at radius 1 is 1.25 bits per heavy atom. The van der Waals surface area contributed by atoms with Gasteiger partial charge in [0, 0.05) is 13.1 Å². The maximum Gasteiger partial charge on any atom is 0.256 e. The first-order valence-corrected chi connectivity index (χ1v) is 6.97. The van der Waals surface area contributed by atoms with Gasteiger partial charge in [0.25, 0.3) is 5.91 Å². The molecule has 0 aliphatic carbocycles. The Morgan fingerprint density at radius 3 is 2.60 bits per heavy atom. The van der Waals surface area contributed by atoms with Crippen LogP contribution in [0.15, 0.2) is 18.2 Å². The normalized spacial score (nSPS) is 14.4. The first-order valence-electron chi connectivity index (χ1n) is 6.97. The lowest BCUT2D eigenvalue weighted by Crippen LogP contribution is -2.31. The molecule has 5 nitrogen and oxygen atoms in total. The number of nitrogens with one attached hydrogen (secondary N) is 2. The molecule has 0 unspecified atom stereocenters. The fourth-order valence-corrected chi connectivity index (χ4v) is 2.49. The summed E-state index contributed by atoms with van der Waals surface area (Å²) in [6, 6.07) is 5.53. The highest BCUT2D eigenvalue weighted by Crippen LogP contribution is 2.23. The van der Waals surface area contributed by atoms with Crippen molar-refractivity contribution in [1.82, 2.24) is 10.2 Å². The SMILES string of the molecule is CNCC(=O)Nc1cccc(C)c1C(=O)N1CCCC1. The van der Waals surface area contributed by atoms with Gasteiger partial charge in [0.1, 0.15) is 0 Å². The summed E-state index contributed by atoms with van der Waals surface area (Å²) in [4.78, 5) is 26.2. The molecule has 108 valence electrons. The van der Waals surface area contributed by atoms with Crippen LogP contribution in [0.2, 0.25) is 0 Å². The van der Waals surface area contributed by atoms with Gasteiger partial charge in [0.05, 0.1) is 17.8 Å². The van der Waals surface area contributed by atoms with Gasteiger partial charge in [-0.3, -0.25) is 9.59 Å². The van der Waals surface area contributed by atoms with Crippen molar-refractivity contribution >= 4 is 17.5 Å². The molecule has 1 aromatic rings. The average Bonchev–Trinajstić information content (AvgIpc) is 2.92. The summed E-state index contributed by atoms with van der Waals surface area (Å²) in [5.74, 6) is -0.131. The molecule has 0 spiro atoms. The summed E-state index contributed by atoms with van der Waals surface area (Å²) in [6.45, 7) is 3.73. The second kappa shape index (κ2) is 6.52. The van der Waals surface area contributed by atoms with E-state index in [9.17, 15) is 9.59 Å². The summed E-state index contributed by atoms with van der Waals surface area (Å²) in [5.41, 5.74) is 2.10. The van der Waals surface area contributed by atoms with Gasteiger partial charge < -0.3 is 15.5 Å². The Morgan fingerprint density at radius 2 is 1.95 bits per heavy atom. The first kappa shape index (κ1) is 14.5. The molecule has 1 saturated heterocycles. The van der Waals surface area contributed by atoms with Gasteiger partial charge in [-0.1, -0.05) is 12.1 Å². The molecule has 20 heavy (non-hydrogen) atoms. The van der Waals surface area contributed by atoms with E-state index >= 15 is 0 Å². The van der Waals surface area contributed by atoms with E-state index in [0.29, 0.717) is 11.3 Å². The minimum absolute atomic E-state index is 0.0142. The van der Waals surface area contributed by atoms with Crippen LogP contribution in [-0.2, 0) is 4.79 Å². The lowest BCUT2D eigenvalue weighted by atomic mass is 10.0. The van der Waals surface area contributed by atoms with E-state index in [1.165, 1.54) is 0 Å². The van der Waals surface area contributed by atoms with E-state index in [4.69, 9.17) is 0 Å². The molecule has 0 saturated carbocycles. The maximum atomic E-state index is 12.6. The first-order chi connectivity index (χ1) is 9.63. The monoisotopic (exact) mass is 275 g/mol. The highest BCUT2D eigenvalue weighted by Gasteiger charge is 2.23. The quantitative estimate of drug-likeness (QED) is 0.873. The van der Waals surface area contributed by atoms with Crippen molar-refractivity contribution in [2.45, 2.75) is 19.8 Å². The second-order valence-electron chi connectivity index (χ2n) is 5.08. The summed E-state index contributed by atoms with van der Waals surface area (Å²) >= 11 is 0. The third kappa shape index (κ3) is 3.17. The van der Waals surface area contributed by atoms with E-state index in [1.54, 1.807) is 13.1 Å². The van der Waals surface area contributed by atoms with E-state index < -0.39 is 0 Å². The maximum absolute atomic E-state index is 12.6. The smallest absolute Gasteiger partial charge is 0.256 e. The lowest BCUT2D eigenvalue weighted by molar-refractivity contribution is -0.115. The molecule has 1 heterocycles. The number of benzene rings is 1. The topological polar surface area (TPSA) is 61.4 Å². The molecular formula is C15H21N3O2. The standard InChI is InChI=1S/C15H21N3O2/c1-11-6-5-7-12(17-13(19)10-16-2)14(11)15(20)18-8-3-4-9-18/h5-7,16H,3-4,8-10H2,1-2H3,(H,17,19). The number of nitrogens with zero attached hydrogens (tertiary/aromatic N) is 1. The van der Waals surface area contributed by atoms with E-state index in [0.717, 1.165) is 31.5 Å². The number of hydrogen-bond donors (Lipinski definition) is 2. The van der Waals surface area contributed by atoms with Gasteiger partial charge in [0.2, 0.25) is 5.91 Å². The molecule has 1 fully saturated rings. The molecule has 0 atom stereocenters. The Labute approximate surface area is 119 Å². The van der Waals surface area contributed by atoms with Gasteiger partial charge in [0.15, 0.2) is 0 Å². The van der Waals surface area contributed by atoms with E-state index in [2.05, 4.69) is 10.6 Å². The van der Waals surface area contributed by atoms with Crippen LogP contribution in [0, 0.1) is 6.92 Å². The Balaban J connectivity index is 2.26. The van der Waals surface area contributed by atoms with Crippen molar-refractivity contribution in [3.05, 3.63) is 29.3 Å². The van der Waals surface area contributed by atoms with Crippen LogP contribution in [0.1, 0.15) is 28.8 Å². The van der Waals surface area contributed by atoms with Crippen LogP contribution in [0.5, 0.6) is 0 Å². The largest absolute Gasteiger partial charge is 0.339 e. The second-order valence-corrected chi connectivity index (χ2v) is 5.08. The highest BCUT2D eigenvalue weighted by molar-refractivity contribution is 6.05. The number of amides is 2. The predicted molar refractivity (Wildman–Crippen MR) is 78.9 cm³/mol. The Kier molecular flexibility index (Phi) is 4.74. The zero-order chi connectivity index (χ0) is 14.5. The van der Waals surface area contributed by atoms with Crippen LogP contribution in [0.25, 0.3) is 0 Å². The number of likely N-dealkylation sites (tertiary alicyclic amines) is 1. The summed E-state index contributed by atoms with van der Waals surface area (Å²) in [6.07, 6.45) is 2.11. The zero-order valence-electron chi connectivity index (χ0n) is 12.0. The van der Waals surface area contributed by atoms with Crippen molar-refractivity contribution in [3.63, 3.8) is 0 Å². The van der Waals surface area contributed by atoms with Gasteiger partial charge in [-0.2, -0.15) is 0 Å². The average molecular weight is 275 g/mol. The fourth-order valence-electron chi connectivity index (χ4n) is 2.49. The molecule has 0 radical (unpaired) electrons. The third-order valence-corrected chi connectivity index (χ3v) is 3.49. The van der Waals surface area contributed by atoms with E-state index in [-0.39, 0.29) is 18.4 Å². The van der Waals surface area contributed by atoms with Gasteiger partial charge in [-0.05, 0) is 38.4 Å². The van der Waals surface area contributed by atoms with Crippen LogP contribution in [-0.4, -0.2) is 43.4 Å². The molecule has 2 amide bonds. The Hall–Kier alpha value is -1.88. The van der Waals surface area contributed by atoms with Gasteiger partial charge in [-0.25, -0.2) is 0 Å². The van der Waals surface area contributed by atoms with Crippen molar-refractivity contribution in [2.75, 3.05) is 32.0 Å².